The highest BCUT2D eigenvalue weighted by Gasteiger charge is 2.26. The highest BCUT2D eigenvalue weighted by molar-refractivity contribution is 8.00. The molecule has 20 heavy (non-hydrogen) atoms. The number of nitrogens with zero attached hydrogens (tertiary/aromatic N) is 2. The number of pyridine rings is 1. The molecule has 0 aliphatic carbocycles. The van der Waals surface area contributed by atoms with Crippen molar-refractivity contribution in [1.82, 2.24) is 10.3 Å². The SMILES string of the molecule is C=CCNC(=O)c1ccc(N2CCSC(C)C2C)nc1. The summed E-state index contributed by atoms with van der Waals surface area (Å²) in [7, 11) is 0. The molecular weight excluding hydrogens is 270 g/mol. The van der Waals surface area contributed by atoms with Crippen LogP contribution in [-0.4, -0.2) is 41.0 Å². The molecule has 1 aromatic rings. The van der Waals surface area contributed by atoms with Crippen LogP contribution in [0.4, 0.5) is 5.82 Å². The van der Waals surface area contributed by atoms with Gasteiger partial charge >= 0.3 is 0 Å². The fourth-order valence-corrected chi connectivity index (χ4v) is 3.31. The Morgan fingerprint density at radius 3 is 3.05 bits per heavy atom. The summed E-state index contributed by atoms with van der Waals surface area (Å²) in [5, 5.41) is 3.35. The lowest BCUT2D eigenvalue weighted by Gasteiger charge is -2.38. The van der Waals surface area contributed by atoms with E-state index in [2.05, 4.69) is 35.6 Å². The number of rotatable bonds is 4. The van der Waals surface area contributed by atoms with E-state index in [1.165, 1.54) is 0 Å². The number of amides is 1. The topological polar surface area (TPSA) is 45.2 Å². The van der Waals surface area contributed by atoms with Crippen LogP contribution < -0.4 is 10.2 Å². The summed E-state index contributed by atoms with van der Waals surface area (Å²) < 4.78 is 0. The molecule has 2 heterocycles. The van der Waals surface area contributed by atoms with Crippen molar-refractivity contribution in [1.29, 1.82) is 0 Å². The molecule has 4 nitrogen and oxygen atoms in total. The summed E-state index contributed by atoms with van der Waals surface area (Å²) in [6.45, 7) is 9.53. The molecule has 0 aromatic carbocycles. The number of nitrogens with one attached hydrogen (secondary N) is 1. The zero-order chi connectivity index (χ0) is 14.5. The number of hydrogen-bond donors (Lipinski definition) is 1. The molecule has 2 unspecified atom stereocenters. The van der Waals surface area contributed by atoms with Gasteiger partial charge in [-0.25, -0.2) is 4.98 Å². The largest absolute Gasteiger partial charge is 0.352 e. The third-order valence-corrected chi connectivity index (χ3v) is 4.93. The Morgan fingerprint density at radius 2 is 2.40 bits per heavy atom. The van der Waals surface area contributed by atoms with Crippen LogP contribution >= 0.6 is 11.8 Å². The molecule has 1 aliphatic rings. The van der Waals surface area contributed by atoms with Gasteiger partial charge in [0.15, 0.2) is 0 Å². The number of carbonyl (C=O) groups is 1. The van der Waals surface area contributed by atoms with E-state index in [1.54, 1.807) is 12.3 Å². The van der Waals surface area contributed by atoms with Crippen LogP contribution in [-0.2, 0) is 0 Å². The molecule has 1 aromatic heterocycles. The first-order valence-electron chi connectivity index (χ1n) is 6.87. The van der Waals surface area contributed by atoms with Crippen LogP contribution in [0.25, 0.3) is 0 Å². The molecule has 0 spiro atoms. The zero-order valence-electron chi connectivity index (χ0n) is 12.0. The summed E-state index contributed by atoms with van der Waals surface area (Å²) in [4.78, 5) is 18.6. The summed E-state index contributed by atoms with van der Waals surface area (Å²) in [5.41, 5.74) is 0.586. The van der Waals surface area contributed by atoms with Crippen LogP contribution in [0.3, 0.4) is 0 Å². The lowest BCUT2D eigenvalue weighted by atomic mass is 10.2. The number of carbonyl (C=O) groups excluding carboxylic acids is 1. The third-order valence-electron chi connectivity index (χ3n) is 3.60. The number of aromatic nitrogens is 1. The number of hydrogen-bond acceptors (Lipinski definition) is 4. The lowest BCUT2D eigenvalue weighted by Crippen LogP contribution is -2.45. The van der Waals surface area contributed by atoms with E-state index in [-0.39, 0.29) is 5.91 Å². The van der Waals surface area contributed by atoms with Gasteiger partial charge < -0.3 is 10.2 Å². The normalized spacial score (nSPS) is 22.4. The summed E-state index contributed by atoms with van der Waals surface area (Å²) in [6.07, 6.45) is 3.31. The fraction of sp³-hybridized carbons (Fsp3) is 0.467. The molecule has 0 bridgehead atoms. The van der Waals surface area contributed by atoms with Crippen molar-refractivity contribution < 1.29 is 4.79 Å². The van der Waals surface area contributed by atoms with Gasteiger partial charge in [0.2, 0.25) is 0 Å². The highest BCUT2D eigenvalue weighted by atomic mass is 32.2. The van der Waals surface area contributed by atoms with Crippen molar-refractivity contribution >= 4 is 23.5 Å². The van der Waals surface area contributed by atoms with Crippen LogP contribution in [0.5, 0.6) is 0 Å². The predicted molar refractivity (Wildman–Crippen MR) is 85.5 cm³/mol. The van der Waals surface area contributed by atoms with E-state index >= 15 is 0 Å². The van der Waals surface area contributed by atoms with Crippen molar-refractivity contribution in [3.8, 4) is 0 Å². The van der Waals surface area contributed by atoms with Gasteiger partial charge in [0.05, 0.1) is 5.56 Å². The van der Waals surface area contributed by atoms with Crippen molar-refractivity contribution in [3.63, 3.8) is 0 Å². The lowest BCUT2D eigenvalue weighted by molar-refractivity contribution is 0.0957. The van der Waals surface area contributed by atoms with Gasteiger partial charge in [-0.15, -0.1) is 6.58 Å². The van der Waals surface area contributed by atoms with E-state index in [0.717, 1.165) is 18.1 Å². The maximum atomic E-state index is 11.8. The second-order valence-electron chi connectivity index (χ2n) is 4.91. The quantitative estimate of drug-likeness (QED) is 0.865. The minimum atomic E-state index is -0.112. The summed E-state index contributed by atoms with van der Waals surface area (Å²) >= 11 is 2.00. The number of anilines is 1. The average Bonchev–Trinajstić information content (AvgIpc) is 2.48. The molecule has 1 saturated heterocycles. The Kier molecular flexibility index (Phi) is 5.06. The molecule has 5 heteroatoms. The van der Waals surface area contributed by atoms with Gasteiger partial charge in [0, 0.05) is 36.3 Å². The smallest absolute Gasteiger partial charge is 0.253 e. The van der Waals surface area contributed by atoms with E-state index in [9.17, 15) is 4.79 Å². The Morgan fingerprint density at radius 1 is 1.60 bits per heavy atom. The van der Waals surface area contributed by atoms with Crippen LogP contribution in [0.1, 0.15) is 24.2 Å². The van der Waals surface area contributed by atoms with Crippen molar-refractivity contribution in [3.05, 3.63) is 36.5 Å². The molecule has 0 saturated carbocycles. The van der Waals surface area contributed by atoms with Crippen LogP contribution in [0.15, 0.2) is 31.0 Å². The molecular formula is C15H21N3OS. The monoisotopic (exact) mass is 291 g/mol. The van der Waals surface area contributed by atoms with Crippen molar-refractivity contribution in [2.75, 3.05) is 23.7 Å². The van der Waals surface area contributed by atoms with Gasteiger partial charge in [0.1, 0.15) is 5.82 Å². The van der Waals surface area contributed by atoms with Gasteiger partial charge in [-0.05, 0) is 19.1 Å². The number of thioether (sulfide) groups is 1. The Hall–Kier alpha value is -1.49. The Balaban J connectivity index is 2.07. The first kappa shape index (κ1) is 14.9. The van der Waals surface area contributed by atoms with Gasteiger partial charge in [-0.3, -0.25) is 4.79 Å². The Bertz CT molecular complexity index is 475. The molecule has 2 rings (SSSR count). The van der Waals surface area contributed by atoms with E-state index in [0.29, 0.717) is 23.4 Å². The molecule has 1 fully saturated rings. The zero-order valence-corrected chi connectivity index (χ0v) is 12.8. The molecule has 1 N–H and O–H groups in total. The van der Waals surface area contributed by atoms with Gasteiger partial charge in [-0.2, -0.15) is 11.8 Å². The molecule has 0 radical (unpaired) electrons. The van der Waals surface area contributed by atoms with E-state index < -0.39 is 0 Å². The van der Waals surface area contributed by atoms with Gasteiger partial charge in [0.25, 0.3) is 5.91 Å². The second kappa shape index (κ2) is 6.79. The molecule has 1 amide bonds. The predicted octanol–water partition coefficient (Wildman–Crippen LogP) is 2.33. The maximum Gasteiger partial charge on any atom is 0.253 e. The van der Waals surface area contributed by atoms with Crippen LogP contribution in [0.2, 0.25) is 0 Å². The third kappa shape index (κ3) is 3.33. The standard InChI is InChI=1S/C15H21N3OS/c1-4-7-16-15(19)13-5-6-14(17-10-13)18-8-9-20-12(3)11(18)2/h4-6,10-12H,1,7-9H2,2-3H3,(H,16,19). The maximum absolute atomic E-state index is 11.8. The van der Waals surface area contributed by atoms with Crippen molar-refractivity contribution in [2.24, 2.45) is 0 Å². The van der Waals surface area contributed by atoms with E-state index in [1.807, 2.05) is 23.9 Å². The van der Waals surface area contributed by atoms with Crippen molar-refractivity contribution in [2.45, 2.75) is 25.1 Å². The molecule has 2 atom stereocenters. The van der Waals surface area contributed by atoms with Crippen LogP contribution in [0, 0.1) is 0 Å². The summed E-state index contributed by atoms with van der Waals surface area (Å²) in [5.74, 6) is 1.96. The first-order chi connectivity index (χ1) is 9.63. The average molecular weight is 291 g/mol. The molecule has 108 valence electrons. The highest BCUT2D eigenvalue weighted by Crippen LogP contribution is 2.27. The minimum absolute atomic E-state index is 0.112. The van der Waals surface area contributed by atoms with E-state index in [4.69, 9.17) is 0 Å². The summed E-state index contributed by atoms with van der Waals surface area (Å²) in [6, 6.07) is 4.23. The van der Waals surface area contributed by atoms with Gasteiger partial charge in [-0.1, -0.05) is 13.0 Å². The first-order valence-corrected chi connectivity index (χ1v) is 7.91. The molecule has 1 aliphatic heterocycles. The second-order valence-corrected chi connectivity index (χ2v) is 6.40. The fourth-order valence-electron chi connectivity index (χ4n) is 2.21. The Labute approximate surface area is 124 Å². The minimum Gasteiger partial charge on any atom is -0.352 e.